The summed E-state index contributed by atoms with van der Waals surface area (Å²) in [6, 6.07) is 17.6. The van der Waals surface area contributed by atoms with Gasteiger partial charge in [-0.05, 0) is 49.7 Å². The summed E-state index contributed by atoms with van der Waals surface area (Å²) in [7, 11) is -3.82. The molecule has 7 nitrogen and oxygen atoms in total. The van der Waals surface area contributed by atoms with Crippen LogP contribution in [0.5, 0.6) is 0 Å². The molecule has 0 spiro atoms. The number of hydrogen-bond donors (Lipinski definition) is 2. The van der Waals surface area contributed by atoms with Crippen LogP contribution in [0.15, 0.2) is 71.8 Å². The van der Waals surface area contributed by atoms with E-state index in [2.05, 4.69) is 20.0 Å². The zero-order valence-electron chi connectivity index (χ0n) is 16.6. The lowest BCUT2D eigenvalue weighted by molar-refractivity contribution is -0.115. The van der Waals surface area contributed by atoms with Crippen LogP contribution in [0.3, 0.4) is 0 Å². The Hall–Kier alpha value is -2.91. The smallest absolute Gasteiger partial charge is 0.264 e. The molecule has 2 aromatic carbocycles. The van der Waals surface area contributed by atoms with Crippen LogP contribution in [0, 0.1) is 6.92 Å². The average Bonchev–Trinajstić information content (AvgIpc) is 2.73. The van der Waals surface area contributed by atoms with E-state index in [4.69, 9.17) is 0 Å². The minimum absolute atomic E-state index is 0.0108. The molecule has 156 valence electrons. The summed E-state index contributed by atoms with van der Waals surface area (Å²) in [5.74, 6) is 0.605. The quantitative estimate of drug-likeness (QED) is 0.550. The molecule has 1 atom stereocenters. The molecule has 1 amide bonds. The van der Waals surface area contributed by atoms with Crippen LogP contribution < -0.4 is 10.0 Å². The highest BCUT2D eigenvalue weighted by molar-refractivity contribution is 7.99. The summed E-state index contributed by atoms with van der Waals surface area (Å²) in [5, 5.41) is 2.56. The molecule has 1 unspecified atom stereocenters. The third kappa shape index (κ3) is 6.04. The number of anilines is 2. The number of rotatable bonds is 8. The summed E-state index contributed by atoms with van der Waals surface area (Å²) < 4.78 is 27.3. The van der Waals surface area contributed by atoms with E-state index in [9.17, 15) is 13.2 Å². The molecule has 9 heteroatoms. The highest BCUT2D eigenvalue weighted by Gasteiger charge is 2.17. The van der Waals surface area contributed by atoms with Gasteiger partial charge in [-0.15, -0.1) is 11.8 Å². The number of amides is 1. The van der Waals surface area contributed by atoms with Gasteiger partial charge in [-0.3, -0.25) is 4.79 Å². The number of aryl methyl sites for hydroxylation is 1. The Morgan fingerprint density at radius 2 is 1.77 bits per heavy atom. The second-order valence-corrected chi connectivity index (χ2v) is 9.59. The van der Waals surface area contributed by atoms with Gasteiger partial charge < -0.3 is 5.32 Å². The topological polar surface area (TPSA) is 101 Å². The summed E-state index contributed by atoms with van der Waals surface area (Å²) in [4.78, 5) is 20.4. The Balaban J connectivity index is 1.58. The molecule has 3 rings (SSSR count). The summed E-state index contributed by atoms with van der Waals surface area (Å²) in [5.41, 5.74) is 2.33. The highest BCUT2D eigenvalue weighted by atomic mass is 32.2. The molecule has 2 N–H and O–H groups in total. The number of hydrogen-bond acceptors (Lipinski definition) is 6. The lowest BCUT2D eigenvalue weighted by atomic mass is 10.2. The molecule has 0 fully saturated rings. The number of carbonyl (C=O) groups excluding carboxylic acids is 1. The van der Waals surface area contributed by atoms with Crippen LogP contribution in [-0.2, 0) is 20.6 Å². The molecule has 0 radical (unpaired) electrons. The number of nitrogens with one attached hydrogen (secondary N) is 2. The minimum Gasteiger partial charge on any atom is -0.325 e. The highest BCUT2D eigenvalue weighted by Crippen LogP contribution is 2.21. The van der Waals surface area contributed by atoms with E-state index in [1.807, 2.05) is 37.3 Å². The molecule has 0 bridgehead atoms. The monoisotopic (exact) mass is 442 g/mol. The van der Waals surface area contributed by atoms with E-state index in [-0.39, 0.29) is 22.0 Å². The molecule has 0 aliphatic carbocycles. The zero-order valence-corrected chi connectivity index (χ0v) is 18.2. The second kappa shape index (κ2) is 9.73. The van der Waals surface area contributed by atoms with Gasteiger partial charge in [0.1, 0.15) is 0 Å². The van der Waals surface area contributed by atoms with Gasteiger partial charge in [-0.25, -0.2) is 23.1 Å². The fraction of sp³-hybridized carbons (Fsp3) is 0.190. The van der Waals surface area contributed by atoms with Crippen molar-refractivity contribution in [3.8, 4) is 0 Å². The molecule has 0 saturated carbocycles. The van der Waals surface area contributed by atoms with Crippen molar-refractivity contribution in [3.05, 3.63) is 78.1 Å². The van der Waals surface area contributed by atoms with Gasteiger partial charge in [0.15, 0.2) is 0 Å². The number of sulfonamides is 1. The zero-order chi connectivity index (χ0) is 21.6. The van der Waals surface area contributed by atoms with Crippen LogP contribution in [0.25, 0.3) is 0 Å². The molecular formula is C21H22N4O3S2. The largest absolute Gasteiger partial charge is 0.325 e. The van der Waals surface area contributed by atoms with Crippen molar-refractivity contribution < 1.29 is 13.2 Å². The van der Waals surface area contributed by atoms with E-state index in [0.29, 0.717) is 11.4 Å². The lowest BCUT2D eigenvalue weighted by Crippen LogP contribution is -2.22. The van der Waals surface area contributed by atoms with E-state index in [1.54, 1.807) is 25.1 Å². The van der Waals surface area contributed by atoms with Crippen LogP contribution in [0.1, 0.15) is 18.2 Å². The summed E-state index contributed by atoms with van der Waals surface area (Å²) in [6.07, 6.45) is 1.48. The first-order chi connectivity index (χ1) is 14.3. The molecule has 30 heavy (non-hydrogen) atoms. The number of nitrogens with zero attached hydrogens (tertiary/aromatic N) is 2. The molecule has 0 saturated heterocycles. The Labute approximate surface area is 180 Å². The molecule has 0 aliphatic rings. The van der Waals surface area contributed by atoms with Gasteiger partial charge in [-0.1, -0.05) is 30.3 Å². The predicted molar refractivity (Wildman–Crippen MR) is 120 cm³/mol. The van der Waals surface area contributed by atoms with E-state index >= 15 is 0 Å². The number of aromatic nitrogens is 2. The van der Waals surface area contributed by atoms with Crippen LogP contribution in [0.2, 0.25) is 0 Å². The van der Waals surface area contributed by atoms with Crippen LogP contribution in [-0.4, -0.2) is 29.5 Å². The van der Waals surface area contributed by atoms with Gasteiger partial charge in [0, 0.05) is 23.3 Å². The third-order valence-corrected chi connectivity index (χ3v) is 6.72. The van der Waals surface area contributed by atoms with Crippen molar-refractivity contribution in [2.75, 3.05) is 10.0 Å². The van der Waals surface area contributed by atoms with Gasteiger partial charge >= 0.3 is 0 Å². The number of benzene rings is 2. The van der Waals surface area contributed by atoms with Gasteiger partial charge in [-0.2, -0.15) is 0 Å². The summed E-state index contributed by atoms with van der Waals surface area (Å²) in [6.45, 7) is 3.59. The molecular weight excluding hydrogens is 420 g/mol. The number of thioether (sulfide) groups is 1. The van der Waals surface area contributed by atoms with E-state index in [0.717, 1.165) is 11.3 Å². The van der Waals surface area contributed by atoms with Gasteiger partial charge in [0.25, 0.3) is 10.0 Å². The fourth-order valence-corrected chi connectivity index (χ4v) is 4.31. The molecule has 3 aromatic rings. The molecule has 1 heterocycles. The maximum absolute atomic E-state index is 12.5. The maximum Gasteiger partial charge on any atom is 0.264 e. The number of carbonyl (C=O) groups is 1. The predicted octanol–water partition coefficient (Wildman–Crippen LogP) is 3.85. The Bertz CT molecular complexity index is 1100. The normalized spacial score (nSPS) is 12.2. The van der Waals surface area contributed by atoms with Crippen molar-refractivity contribution in [1.29, 1.82) is 0 Å². The minimum atomic E-state index is -3.82. The Kier molecular flexibility index (Phi) is 7.07. The van der Waals surface area contributed by atoms with Crippen LogP contribution >= 0.6 is 11.8 Å². The van der Waals surface area contributed by atoms with Crippen molar-refractivity contribution in [2.45, 2.75) is 29.7 Å². The first kappa shape index (κ1) is 21.8. The van der Waals surface area contributed by atoms with Crippen molar-refractivity contribution in [3.63, 3.8) is 0 Å². The fourth-order valence-electron chi connectivity index (χ4n) is 2.51. The lowest BCUT2D eigenvalue weighted by Gasteiger charge is -2.13. The van der Waals surface area contributed by atoms with Crippen molar-refractivity contribution >= 4 is 39.3 Å². The second-order valence-electron chi connectivity index (χ2n) is 6.58. The van der Waals surface area contributed by atoms with Crippen LogP contribution in [0.4, 0.5) is 11.6 Å². The average molecular weight is 443 g/mol. The molecule has 1 aromatic heterocycles. The van der Waals surface area contributed by atoms with Gasteiger partial charge in [0.05, 0.1) is 10.1 Å². The molecule has 0 aliphatic heterocycles. The summed E-state index contributed by atoms with van der Waals surface area (Å²) >= 11 is 1.53. The SMILES string of the molecule is Cc1ccnc(NS(=O)(=O)c2ccc(NC(=O)C(C)SCc3ccccc3)cc2)n1. The van der Waals surface area contributed by atoms with Crippen molar-refractivity contribution in [2.24, 2.45) is 0 Å². The van der Waals surface area contributed by atoms with E-state index in [1.165, 1.54) is 30.1 Å². The standard InChI is InChI=1S/C21H22N4O3S2/c1-15-12-13-22-21(23-15)25-30(27,28)19-10-8-18(9-11-19)24-20(26)16(2)29-14-17-6-4-3-5-7-17/h3-13,16H,14H2,1-2H3,(H,24,26)(H,22,23,25). The first-order valence-corrected chi connectivity index (χ1v) is 11.8. The maximum atomic E-state index is 12.5. The Morgan fingerprint density at radius 1 is 1.07 bits per heavy atom. The van der Waals surface area contributed by atoms with Crippen molar-refractivity contribution in [1.82, 2.24) is 9.97 Å². The first-order valence-electron chi connectivity index (χ1n) is 9.22. The Morgan fingerprint density at radius 3 is 2.43 bits per heavy atom. The third-order valence-electron chi connectivity index (χ3n) is 4.16. The van der Waals surface area contributed by atoms with Gasteiger partial charge in [0.2, 0.25) is 11.9 Å². The van der Waals surface area contributed by atoms with E-state index < -0.39 is 10.0 Å².